The van der Waals surface area contributed by atoms with Crippen LogP contribution in [0, 0.1) is 0 Å². The van der Waals surface area contributed by atoms with Crippen LogP contribution in [0.25, 0.3) is 11.4 Å². The van der Waals surface area contributed by atoms with Gasteiger partial charge in [0.1, 0.15) is 17.3 Å². The minimum Gasteiger partial charge on any atom is -0.497 e. The maximum Gasteiger partial charge on any atom is 0.259 e. The van der Waals surface area contributed by atoms with Gasteiger partial charge >= 0.3 is 0 Å². The second-order valence-electron chi connectivity index (χ2n) is 6.04. The fourth-order valence-electron chi connectivity index (χ4n) is 2.76. The predicted octanol–water partition coefficient (Wildman–Crippen LogP) is 3.27. The minimum atomic E-state index is -0.336. The number of anilines is 1. The van der Waals surface area contributed by atoms with E-state index in [0.717, 1.165) is 0 Å². The molecule has 2 aromatic carbocycles. The number of ether oxygens (including phenoxy) is 2. The number of methoxy groups -OCH3 is 2. The Balaban J connectivity index is 1.91. The van der Waals surface area contributed by atoms with Crippen molar-refractivity contribution in [2.24, 2.45) is 0 Å². The molecular formula is C21H21N3O4. The summed E-state index contributed by atoms with van der Waals surface area (Å²) in [7, 11) is 3.03. The highest BCUT2D eigenvalue weighted by atomic mass is 16.5. The van der Waals surface area contributed by atoms with Crippen molar-refractivity contribution in [2.45, 2.75) is 13.3 Å². The summed E-state index contributed by atoms with van der Waals surface area (Å²) >= 11 is 0. The van der Waals surface area contributed by atoms with Crippen LogP contribution in [-0.2, 0) is 6.42 Å². The third kappa shape index (κ3) is 4.20. The van der Waals surface area contributed by atoms with Crippen LogP contribution in [0.5, 0.6) is 11.5 Å². The van der Waals surface area contributed by atoms with Gasteiger partial charge in [0.05, 0.1) is 19.8 Å². The molecule has 144 valence electrons. The van der Waals surface area contributed by atoms with Crippen molar-refractivity contribution in [3.05, 3.63) is 70.1 Å². The van der Waals surface area contributed by atoms with Gasteiger partial charge in [-0.1, -0.05) is 19.1 Å². The molecule has 2 N–H and O–H groups in total. The van der Waals surface area contributed by atoms with Crippen LogP contribution in [-0.4, -0.2) is 30.1 Å². The van der Waals surface area contributed by atoms with Crippen LogP contribution in [0.3, 0.4) is 0 Å². The average Bonchev–Trinajstić information content (AvgIpc) is 2.72. The molecule has 1 heterocycles. The topological polar surface area (TPSA) is 93.3 Å². The van der Waals surface area contributed by atoms with Gasteiger partial charge in [-0.25, -0.2) is 4.98 Å². The Morgan fingerprint density at radius 1 is 1.11 bits per heavy atom. The molecule has 0 bridgehead atoms. The zero-order chi connectivity index (χ0) is 20.1. The van der Waals surface area contributed by atoms with Gasteiger partial charge in [0.2, 0.25) is 0 Å². The zero-order valence-electron chi connectivity index (χ0n) is 15.9. The highest BCUT2D eigenvalue weighted by Crippen LogP contribution is 2.26. The first-order chi connectivity index (χ1) is 13.5. The Morgan fingerprint density at radius 3 is 2.64 bits per heavy atom. The SMILES string of the molecule is CCc1cc(=O)[nH]c(-c2cccc(NC(=O)c3cc(OC)ccc3OC)c2)n1. The number of carbonyl (C=O) groups is 1. The van der Waals surface area contributed by atoms with Crippen LogP contribution < -0.4 is 20.3 Å². The normalized spacial score (nSPS) is 10.4. The van der Waals surface area contributed by atoms with Gasteiger partial charge in [-0.15, -0.1) is 0 Å². The second kappa shape index (κ2) is 8.39. The largest absolute Gasteiger partial charge is 0.497 e. The predicted molar refractivity (Wildman–Crippen MR) is 107 cm³/mol. The standard InChI is InChI=1S/C21H21N3O4/c1-4-14-11-19(25)24-20(22-14)13-6-5-7-15(10-13)23-21(26)17-12-16(27-2)8-9-18(17)28-3/h5-12H,4H2,1-3H3,(H,23,26)(H,22,24,25). The van der Waals surface area contributed by atoms with E-state index in [1.807, 2.05) is 13.0 Å². The number of rotatable bonds is 6. The van der Waals surface area contributed by atoms with Gasteiger partial charge in [0.15, 0.2) is 0 Å². The molecule has 3 aromatic rings. The summed E-state index contributed by atoms with van der Waals surface area (Å²) in [6.45, 7) is 1.93. The minimum absolute atomic E-state index is 0.211. The molecule has 0 atom stereocenters. The summed E-state index contributed by atoms with van der Waals surface area (Å²) in [6.07, 6.45) is 0.656. The van der Waals surface area contributed by atoms with E-state index >= 15 is 0 Å². The molecule has 0 saturated carbocycles. The smallest absolute Gasteiger partial charge is 0.259 e. The number of hydrogen-bond acceptors (Lipinski definition) is 5. The first-order valence-electron chi connectivity index (χ1n) is 8.78. The van der Waals surface area contributed by atoms with Gasteiger partial charge in [0.25, 0.3) is 11.5 Å². The summed E-state index contributed by atoms with van der Waals surface area (Å²) in [4.78, 5) is 31.7. The van der Waals surface area contributed by atoms with E-state index < -0.39 is 0 Å². The maximum absolute atomic E-state index is 12.7. The lowest BCUT2D eigenvalue weighted by molar-refractivity contribution is 0.102. The maximum atomic E-state index is 12.7. The lowest BCUT2D eigenvalue weighted by Crippen LogP contribution is -2.14. The molecule has 7 heteroatoms. The number of hydrogen-bond donors (Lipinski definition) is 2. The number of aromatic nitrogens is 2. The Morgan fingerprint density at radius 2 is 1.93 bits per heavy atom. The fourth-order valence-corrected chi connectivity index (χ4v) is 2.76. The summed E-state index contributed by atoms with van der Waals surface area (Å²) in [5.74, 6) is 1.12. The van der Waals surface area contributed by atoms with Gasteiger partial charge in [-0.05, 0) is 36.8 Å². The van der Waals surface area contributed by atoms with E-state index in [1.165, 1.54) is 20.3 Å². The lowest BCUT2D eigenvalue weighted by atomic mass is 10.1. The Kier molecular flexibility index (Phi) is 5.74. The van der Waals surface area contributed by atoms with Crippen molar-refractivity contribution in [3.8, 4) is 22.9 Å². The summed E-state index contributed by atoms with van der Waals surface area (Å²) in [5, 5.41) is 2.84. The van der Waals surface area contributed by atoms with Gasteiger partial charge < -0.3 is 19.8 Å². The molecule has 1 aromatic heterocycles. The van der Waals surface area contributed by atoms with Gasteiger partial charge in [0, 0.05) is 23.0 Å². The number of H-pyrrole nitrogens is 1. The molecule has 0 aliphatic rings. The fraction of sp³-hybridized carbons (Fsp3) is 0.190. The Bertz CT molecular complexity index is 1060. The van der Waals surface area contributed by atoms with Gasteiger partial charge in [-0.3, -0.25) is 9.59 Å². The van der Waals surface area contributed by atoms with Crippen molar-refractivity contribution in [1.29, 1.82) is 0 Å². The van der Waals surface area contributed by atoms with Crippen molar-refractivity contribution in [3.63, 3.8) is 0 Å². The number of aromatic amines is 1. The van der Waals surface area contributed by atoms with Crippen LogP contribution >= 0.6 is 0 Å². The number of nitrogens with zero attached hydrogens (tertiary/aromatic N) is 1. The number of amides is 1. The first-order valence-corrected chi connectivity index (χ1v) is 8.78. The molecule has 0 spiro atoms. The summed E-state index contributed by atoms with van der Waals surface area (Å²) in [5.41, 5.74) is 2.11. The van der Waals surface area contributed by atoms with Crippen LogP contribution in [0.4, 0.5) is 5.69 Å². The summed E-state index contributed by atoms with van der Waals surface area (Å²) < 4.78 is 10.5. The van der Waals surface area contributed by atoms with Crippen LogP contribution in [0.2, 0.25) is 0 Å². The van der Waals surface area contributed by atoms with E-state index in [4.69, 9.17) is 9.47 Å². The lowest BCUT2D eigenvalue weighted by Gasteiger charge is -2.12. The number of aryl methyl sites for hydroxylation is 1. The molecule has 1 amide bonds. The quantitative estimate of drug-likeness (QED) is 0.686. The molecule has 3 rings (SSSR count). The first kappa shape index (κ1) is 19.2. The molecule has 28 heavy (non-hydrogen) atoms. The van der Waals surface area contributed by atoms with E-state index in [-0.39, 0.29) is 11.5 Å². The van der Waals surface area contributed by atoms with E-state index in [1.54, 1.807) is 36.4 Å². The van der Waals surface area contributed by atoms with Crippen LogP contribution in [0.15, 0.2) is 53.3 Å². The zero-order valence-corrected chi connectivity index (χ0v) is 15.9. The molecule has 7 nitrogen and oxygen atoms in total. The molecule has 0 fully saturated rings. The molecular weight excluding hydrogens is 358 g/mol. The van der Waals surface area contributed by atoms with Crippen molar-refractivity contribution in [2.75, 3.05) is 19.5 Å². The highest BCUT2D eigenvalue weighted by Gasteiger charge is 2.14. The Labute approximate surface area is 162 Å². The molecule has 0 aliphatic carbocycles. The third-order valence-corrected chi connectivity index (χ3v) is 4.20. The second-order valence-corrected chi connectivity index (χ2v) is 6.04. The summed E-state index contributed by atoms with van der Waals surface area (Å²) in [6, 6.07) is 13.6. The van der Waals surface area contributed by atoms with E-state index in [2.05, 4.69) is 15.3 Å². The van der Waals surface area contributed by atoms with Gasteiger partial charge in [-0.2, -0.15) is 0 Å². The van der Waals surface area contributed by atoms with E-state index in [0.29, 0.717) is 46.3 Å². The monoisotopic (exact) mass is 379 g/mol. The highest BCUT2D eigenvalue weighted by molar-refractivity contribution is 6.06. The van der Waals surface area contributed by atoms with Crippen LogP contribution in [0.1, 0.15) is 23.0 Å². The third-order valence-electron chi connectivity index (χ3n) is 4.20. The molecule has 0 aliphatic heterocycles. The molecule has 0 unspecified atom stereocenters. The molecule has 0 saturated heterocycles. The number of benzene rings is 2. The average molecular weight is 379 g/mol. The Hall–Kier alpha value is -3.61. The van der Waals surface area contributed by atoms with Crippen molar-refractivity contribution < 1.29 is 14.3 Å². The van der Waals surface area contributed by atoms with Crippen molar-refractivity contribution >= 4 is 11.6 Å². The number of nitrogens with one attached hydrogen (secondary N) is 2. The molecule has 0 radical (unpaired) electrons. The number of carbonyl (C=O) groups excluding carboxylic acids is 1. The van der Waals surface area contributed by atoms with Crippen molar-refractivity contribution in [1.82, 2.24) is 9.97 Å². The van der Waals surface area contributed by atoms with E-state index in [9.17, 15) is 9.59 Å².